The van der Waals surface area contributed by atoms with Crippen LogP contribution in [0.25, 0.3) is 0 Å². The standard InChI is InChI=1S/C17H28O3/c1-10(2)13-8-9-17(5)14(19)7-6-11(3)15(17)16(13)20-12(4)18/h10,13-16,19H,3,6-9H2,1-2,4-5H3/t13-,14+,15?,16-,17-/m0/s1. The number of esters is 1. The van der Waals surface area contributed by atoms with Crippen LogP contribution in [0.3, 0.4) is 0 Å². The van der Waals surface area contributed by atoms with Crippen molar-refractivity contribution in [2.45, 2.75) is 65.6 Å². The second-order valence-corrected chi connectivity index (χ2v) is 7.22. The molecule has 0 amide bonds. The van der Waals surface area contributed by atoms with Gasteiger partial charge in [-0.05, 0) is 37.5 Å². The zero-order chi connectivity index (χ0) is 15.1. The Morgan fingerprint density at radius 2 is 2.10 bits per heavy atom. The highest BCUT2D eigenvalue weighted by Crippen LogP contribution is 2.55. The molecule has 1 N–H and O–H groups in total. The molecule has 0 aromatic heterocycles. The first-order valence-corrected chi connectivity index (χ1v) is 7.80. The molecule has 0 aromatic carbocycles. The topological polar surface area (TPSA) is 46.5 Å². The summed E-state index contributed by atoms with van der Waals surface area (Å²) in [4.78, 5) is 11.5. The molecular formula is C17H28O3. The molecule has 5 atom stereocenters. The van der Waals surface area contributed by atoms with Gasteiger partial charge in [0, 0.05) is 18.3 Å². The first-order valence-electron chi connectivity index (χ1n) is 7.80. The summed E-state index contributed by atoms with van der Waals surface area (Å²) in [5.74, 6) is 0.698. The molecule has 0 saturated heterocycles. The summed E-state index contributed by atoms with van der Waals surface area (Å²) in [6.45, 7) is 12.2. The van der Waals surface area contributed by atoms with Crippen LogP contribution in [-0.2, 0) is 9.53 Å². The molecule has 0 bridgehead atoms. The summed E-state index contributed by atoms with van der Waals surface area (Å²) in [7, 11) is 0. The maximum atomic E-state index is 11.5. The molecule has 3 heteroatoms. The van der Waals surface area contributed by atoms with E-state index in [0.717, 1.165) is 31.3 Å². The van der Waals surface area contributed by atoms with Crippen molar-refractivity contribution in [1.29, 1.82) is 0 Å². The number of aliphatic hydroxyl groups is 1. The number of ether oxygens (including phenoxy) is 1. The Morgan fingerprint density at radius 1 is 1.45 bits per heavy atom. The average molecular weight is 280 g/mol. The van der Waals surface area contributed by atoms with Gasteiger partial charge < -0.3 is 9.84 Å². The van der Waals surface area contributed by atoms with Gasteiger partial charge in [-0.15, -0.1) is 0 Å². The van der Waals surface area contributed by atoms with Gasteiger partial charge in [0.05, 0.1) is 6.10 Å². The fourth-order valence-corrected chi connectivity index (χ4v) is 4.36. The van der Waals surface area contributed by atoms with Crippen molar-refractivity contribution in [2.24, 2.45) is 23.2 Å². The van der Waals surface area contributed by atoms with Crippen molar-refractivity contribution in [3.8, 4) is 0 Å². The van der Waals surface area contributed by atoms with E-state index >= 15 is 0 Å². The monoisotopic (exact) mass is 280 g/mol. The number of hydrogen-bond acceptors (Lipinski definition) is 3. The van der Waals surface area contributed by atoms with Crippen molar-refractivity contribution in [2.75, 3.05) is 0 Å². The lowest BCUT2D eigenvalue weighted by Gasteiger charge is -2.55. The zero-order valence-corrected chi connectivity index (χ0v) is 13.2. The van der Waals surface area contributed by atoms with Crippen LogP contribution in [0.15, 0.2) is 12.2 Å². The molecule has 3 nitrogen and oxygen atoms in total. The molecule has 2 fully saturated rings. The Balaban J connectivity index is 2.37. The fraction of sp³-hybridized carbons (Fsp3) is 0.824. The first-order chi connectivity index (χ1) is 9.27. The van der Waals surface area contributed by atoms with Crippen LogP contribution in [0, 0.1) is 23.2 Å². The summed E-state index contributed by atoms with van der Waals surface area (Å²) in [6, 6.07) is 0. The van der Waals surface area contributed by atoms with Crippen LogP contribution >= 0.6 is 0 Å². The summed E-state index contributed by atoms with van der Waals surface area (Å²) >= 11 is 0. The smallest absolute Gasteiger partial charge is 0.302 e. The summed E-state index contributed by atoms with van der Waals surface area (Å²) in [6.07, 6.45) is 3.17. The van der Waals surface area contributed by atoms with Crippen LogP contribution in [0.1, 0.15) is 53.4 Å². The quantitative estimate of drug-likeness (QED) is 0.623. The van der Waals surface area contributed by atoms with Crippen LogP contribution < -0.4 is 0 Å². The van der Waals surface area contributed by atoms with E-state index in [9.17, 15) is 9.90 Å². The van der Waals surface area contributed by atoms with Gasteiger partial charge >= 0.3 is 5.97 Å². The second kappa shape index (κ2) is 5.51. The maximum absolute atomic E-state index is 11.5. The van der Waals surface area contributed by atoms with Crippen molar-refractivity contribution >= 4 is 5.97 Å². The summed E-state index contributed by atoms with van der Waals surface area (Å²) in [5, 5.41) is 10.5. The van der Waals surface area contributed by atoms with Crippen molar-refractivity contribution < 1.29 is 14.6 Å². The van der Waals surface area contributed by atoms with Gasteiger partial charge in [-0.25, -0.2) is 0 Å². The third-order valence-electron chi connectivity index (χ3n) is 5.58. The number of rotatable bonds is 2. The second-order valence-electron chi connectivity index (χ2n) is 7.22. The van der Waals surface area contributed by atoms with Crippen LogP contribution in [0.4, 0.5) is 0 Å². The predicted octanol–water partition coefficient (Wildman–Crippen LogP) is 3.32. The molecule has 1 unspecified atom stereocenters. The third kappa shape index (κ3) is 2.52. The van der Waals surface area contributed by atoms with E-state index in [1.165, 1.54) is 6.92 Å². The Kier molecular flexibility index (Phi) is 4.29. The van der Waals surface area contributed by atoms with E-state index in [2.05, 4.69) is 27.4 Å². The minimum absolute atomic E-state index is 0.0938. The largest absolute Gasteiger partial charge is 0.462 e. The number of carbonyl (C=O) groups excluding carboxylic acids is 1. The maximum Gasteiger partial charge on any atom is 0.302 e. The Labute approximate surface area is 122 Å². The lowest BCUT2D eigenvalue weighted by atomic mass is 9.53. The molecule has 2 saturated carbocycles. The molecular weight excluding hydrogens is 252 g/mol. The molecule has 0 heterocycles. The zero-order valence-electron chi connectivity index (χ0n) is 13.2. The molecule has 0 aromatic rings. The van der Waals surface area contributed by atoms with Gasteiger partial charge in [0.1, 0.15) is 6.10 Å². The molecule has 0 spiro atoms. The number of hydrogen-bond donors (Lipinski definition) is 1. The Bertz CT molecular complexity index is 401. The number of fused-ring (bicyclic) bond motifs is 1. The van der Waals surface area contributed by atoms with Crippen LogP contribution in [0.5, 0.6) is 0 Å². The van der Waals surface area contributed by atoms with E-state index in [1.54, 1.807) is 0 Å². The van der Waals surface area contributed by atoms with Crippen molar-refractivity contribution in [1.82, 2.24) is 0 Å². The molecule has 114 valence electrons. The van der Waals surface area contributed by atoms with Crippen LogP contribution in [-0.4, -0.2) is 23.3 Å². The van der Waals surface area contributed by atoms with Gasteiger partial charge in [-0.1, -0.05) is 32.9 Å². The van der Waals surface area contributed by atoms with E-state index in [4.69, 9.17) is 4.74 Å². The van der Waals surface area contributed by atoms with Crippen molar-refractivity contribution in [3.63, 3.8) is 0 Å². The lowest BCUT2D eigenvalue weighted by Crippen LogP contribution is -2.55. The average Bonchev–Trinajstić information content (AvgIpc) is 2.33. The molecule has 0 aliphatic heterocycles. The number of aliphatic hydroxyl groups excluding tert-OH is 1. The number of carbonyl (C=O) groups is 1. The van der Waals surface area contributed by atoms with Gasteiger partial charge in [-0.3, -0.25) is 4.79 Å². The van der Waals surface area contributed by atoms with Crippen molar-refractivity contribution in [3.05, 3.63) is 12.2 Å². The van der Waals surface area contributed by atoms with Gasteiger partial charge in [0.2, 0.25) is 0 Å². The van der Waals surface area contributed by atoms with E-state index in [0.29, 0.717) is 11.8 Å². The molecule has 2 rings (SSSR count). The van der Waals surface area contributed by atoms with Crippen LogP contribution in [0.2, 0.25) is 0 Å². The Morgan fingerprint density at radius 3 is 2.65 bits per heavy atom. The lowest BCUT2D eigenvalue weighted by molar-refractivity contribution is -0.172. The minimum Gasteiger partial charge on any atom is -0.462 e. The SMILES string of the molecule is C=C1CC[C@@H](O)[C@]2(C)CC[C@@H](C(C)C)[C@H](OC(C)=O)C12. The third-order valence-corrected chi connectivity index (χ3v) is 5.58. The van der Waals surface area contributed by atoms with E-state index in [-0.39, 0.29) is 29.5 Å². The molecule has 2 aliphatic carbocycles. The highest BCUT2D eigenvalue weighted by molar-refractivity contribution is 5.66. The Hall–Kier alpha value is -0.830. The normalized spacial score (nSPS) is 41.4. The van der Waals surface area contributed by atoms with Gasteiger partial charge in [0.25, 0.3) is 0 Å². The first kappa shape index (κ1) is 15.6. The highest BCUT2D eigenvalue weighted by atomic mass is 16.5. The highest BCUT2D eigenvalue weighted by Gasteiger charge is 2.54. The summed E-state index contributed by atoms with van der Waals surface area (Å²) < 4.78 is 5.71. The summed E-state index contributed by atoms with van der Waals surface area (Å²) in [5.41, 5.74) is 0.954. The molecule has 0 radical (unpaired) electrons. The molecule has 20 heavy (non-hydrogen) atoms. The van der Waals surface area contributed by atoms with E-state index in [1.807, 2.05) is 0 Å². The molecule has 2 aliphatic rings. The van der Waals surface area contributed by atoms with Gasteiger partial charge in [-0.2, -0.15) is 0 Å². The fourth-order valence-electron chi connectivity index (χ4n) is 4.36. The predicted molar refractivity (Wildman–Crippen MR) is 79.1 cm³/mol. The minimum atomic E-state index is -0.316. The van der Waals surface area contributed by atoms with Gasteiger partial charge in [0.15, 0.2) is 0 Å². The van der Waals surface area contributed by atoms with E-state index < -0.39 is 0 Å².